The van der Waals surface area contributed by atoms with Crippen molar-refractivity contribution in [2.45, 2.75) is 13.8 Å². The van der Waals surface area contributed by atoms with Crippen LogP contribution >= 0.6 is 0 Å². The van der Waals surface area contributed by atoms with Crippen LogP contribution < -0.4 is 0 Å². The Labute approximate surface area is 129 Å². The van der Waals surface area contributed by atoms with Gasteiger partial charge in [0.2, 0.25) is 5.88 Å². The lowest BCUT2D eigenvalue weighted by Gasteiger charge is -2.06. The molecule has 1 aromatic carbocycles. The summed E-state index contributed by atoms with van der Waals surface area (Å²) in [6, 6.07) is 9.41. The largest absolute Gasteiger partial charge is 0.493 e. The quantitative estimate of drug-likeness (QED) is 0.737. The van der Waals surface area contributed by atoms with Crippen LogP contribution in [0.25, 0.3) is 16.9 Å². The highest BCUT2D eigenvalue weighted by Gasteiger charge is 2.15. The first-order valence-electron chi connectivity index (χ1n) is 6.88. The average molecular weight is 289 g/mol. The second kappa shape index (κ2) is 5.38. The third-order valence-corrected chi connectivity index (χ3v) is 3.54. The molecule has 3 rings (SSSR count). The van der Waals surface area contributed by atoms with E-state index in [-0.39, 0.29) is 5.88 Å². The van der Waals surface area contributed by atoms with E-state index in [1.54, 1.807) is 12.4 Å². The van der Waals surface area contributed by atoms with Gasteiger partial charge >= 0.3 is 0 Å². The molecule has 0 saturated heterocycles. The van der Waals surface area contributed by atoms with Crippen molar-refractivity contribution in [2.24, 2.45) is 0 Å². The summed E-state index contributed by atoms with van der Waals surface area (Å²) in [5.41, 5.74) is 4.41. The van der Waals surface area contributed by atoms with E-state index in [2.05, 4.69) is 16.0 Å². The van der Waals surface area contributed by atoms with Crippen LogP contribution in [0.1, 0.15) is 16.7 Å². The van der Waals surface area contributed by atoms with Gasteiger partial charge in [-0.25, -0.2) is 4.98 Å². The van der Waals surface area contributed by atoms with E-state index in [9.17, 15) is 5.11 Å². The van der Waals surface area contributed by atoms with Crippen LogP contribution in [0.15, 0.2) is 42.7 Å². The van der Waals surface area contributed by atoms with Crippen molar-refractivity contribution in [2.75, 3.05) is 0 Å². The smallest absolute Gasteiger partial charge is 0.223 e. The van der Waals surface area contributed by atoms with Crippen LogP contribution in [0.3, 0.4) is 0 Å². The molecule has 0 aliphatic carbocycles. The van der Waals surface area contributed by atoms with Gasteiger partial charge in [0.1, 0.15) is 0 Å². The number of pyridine rings is 1. The molecule has 1 N–H and O–H groups in total. The van der Waals surface area contributed by atoms with Crippen molar-refractivity contribution in [3.05, 3.63) is 59.4 Å². The lowest BCUT2D eigenvalue weighted by atomic mass is 10.0. The topological polar surface area (TPSA) is 50.9 Å². The van der Waals surface area contributed by atoms with E-state index in [1.807, 2.05) is 44.2 Å². The highest BCUT2D eigenvalue weighted by atomic mass is 16.3. The molecule has 0 amide bonds. The first kappa shape index (κ1) is 13.9. The zero-order chi connectivity index (χ0) is 15.7. The summed E-state index contributed by atoms with van der Waals surface area (Å²) in [5, 5.41) is 14.7. The molecular weight excluding hydrogens is 274 g/mol. The van der Waals surface area contributed by atoms with E-state index in [0.717, 1.165) is 22.3 Å². The van der Waals surface area contributed by atoms with Crippen LogP contribution in [0.4, 0.5) is 0 Å². The maximum atomic E-state index is 10.5. The summed E-state index contributed by atoms with van der Waals surface area (Å²) in [7, 11) is 0. The molecule has 0 aliphatic heterocycles. The Morgan fingerprint density at radius 1 is 1.09 bits per heavy atom. The molecule has 2 aromatic heterocycles. The second-order valence-corrected chi connectivity index (χ2v) is 5.16. The SMILES string of the molecule is C#Cc1ccc(-c2cnn(-c3ccc(C)cn3)c2O)c(C)c1. The van der Waals surface area contributed by atoms with Crippen LogP contribution in [-0.2, 0) is 0 Å². The summed E-state index contributed by atoms with van der Waals surface area (Å²) >= 11 is 0. The van der Waals surface area contributed by atoms with Crippen molar-refractivity contribution in [1.29, 1.82) is 0 Å². The number of rotatable bonds is 2. The zero-order valence-electron chi connectivity index (χ0n) is 12.4. The lowest BCUT2D eigenvalue weighted by molar-refractivity contribution is 0.433. The minimum atomic E-state index is 0.0629. The Kier molecular flexibility index (Phi) is 3.40. The summed E-state index contributed by atoms with van der Waals surface area (Å²) in [6.07, 6.45) is 8.78. The number of aromatic nitrogens is 3. The molecule has 0 spiro atoms. The molecule has 108 valence electrons. The predicted molar refractivity (Wildman–Crippen MR) is 85.9 cm³/mol. The fourth-order valence-corrected chi connectivity index (χ4v) is 2.34. The fraction of sp³-hybridized carbons (Fsp3) is 0.111. The highest BCUT2D eigenvalue weighted by molar-refractivity contribution is 5.72. The first-order chi connectivity index (χ1) is 10.6. The average Bonchev–Trinajstić information content (AvgIpc) is 2.89. The molecular formula is C18H15N3O. The normalized spacial score (nSPS) is 10.4. The molecule has 0 fully saturated rings. The predicted octanol–water partition coefficient (Wildman–Crippen LogP) is 3.24. The van der Waals surface area contributed by atoms with E-state index < -0.39 is 0 Å². The Morgan fingerprint density at radius 2 is 1.91 bits per heavy atom. The molecule has 3 aromatic rings. The molecule has 2 heterocycles. The highest BCUT2D eigenvalue weighted by Crippen LogP contribution is 2.32. The number of hydrogen-bond acceptors (Lipinski definition) is 3. The zero-order valence-corrected chi connectivity index (χ0v) is 12.4. The van der Waals surface area contributed by atoms with Crippen molar-refractivity contribution < 1.29 is 5.11 Å². The molecule has 0 unspecified atom stereocenters. The maximum Gasteiger partial charge on any atom is 0.223 e. The van der Waals surface area contributed by atoms with Gasteiger partial charge in [0.25, 0.3) is 0 Å². The lowest BCUT2D eigenvalue weighted by Crippen LogP contribution is -1.98. The Bertz CT molecular complexity index is 870. The standard InChI is InChI=1S/C18H15N3O/c1-4-14-6-7-15(13(3)9-14)16-11-20-21(18(16)22)17-8-5-12(2)10-19-17/h1,5-11,22H,2-3H3. The third-order valence-electron chi connectivity index (χ3n) is 3.54. The fourth-order valence-electron chi connectivity index (χ4n) is 2.34. The van der Waals surface area contributed by atoms with Crippen molar-refractivity contribution in [1.82, 2.24) is 14.8 Å². The number of aryl methyl sites for hydroxylation is 2. The Morgan fingerprint density at radius 3 is 2.55 bits per heavy atom. The Hall–Kier alpha value is -3.06. The monoisotopic (exact) mass is 289 g/mol. The molecule has 4 heteroatoms. The van der Waals surface area contributed by atoms with Gasteiger partial charge in [-0.1, -0.05) is 18.1 Å². The van der Waals surface area contributed by atoms with Gasteiger partial charge in [-0.3, -0.25) is 0 Å². The van der Waals surface area contributed by atoms with Gasteiger partial charge in [-0.05, 0) is 48.7 Å². The van der Waals surface area contributed by atoms with Crippen LogP contribution in [-0.4, -0.2) is 19.9 Å². The summed E-state index contributed by atoms with van der Waals surface area (Å²) in [5.74, 6) is 3.24. The van der Waals surface area contributed by atoms with E-state index in [0.29, 0.717) is 11.4 Å². The minimum Gasteiger partial charge on any atom is -0.493 e. The van der Waals surface area contributed by atoms with E-state index in [1.165, 1.54) is 4.68 Å². The number of terminal acetylenes is 1. The molecule has 0 aliphatic rings. The second-order valence-electron chi connectivity index (χ2n) is 5.16. The van der Waals surface area contributed by atoms with Crippen LogP contribution in [0, 0.1) is 26.2 Å². The number of hydrogen-bond donors (Lipinski definition) is 1. The summed E-state index contributed by atoms with van der Waals surface area (Å²) in [6.45, 7) is 3.92. The number of aromatic hydroxyl groups is 1. The Balaban J connectivity index is 2.08. The van der Waals surface area contributed by atoms with Crippen LogP contribution in [0.2, 0.25) is 0 Å². The van der Waals surface area contributed by atoms with Gasteiger partial charge in [0.15, 0.2) is 5.82 Å². The van der Waals surface area contributed by atoms with Gasteiger partial charge in [0.05, 0.1) is 11.8 Å². The summed E-state index contributed by atoms with van der Waals surface area (Å²) < 4.78 is 1.42. The molecule has 22 heavy (non-hydrogen) atoms. The maximum absolute atomic E-state index is 10.5. The van der Waals surface area contributed by atoms with Crippen molar-refractivity contribution in [3.63, 3.8) is 0 Å². The minimum absolute atomic E-state index is 0.0629. The molecule has 0 bridgehead atoms. The van der Waals surface area contributed by atoms with Gasteiger partial charge in [-0.2, -0.15) is 9.78 Å². The third kappa shape index (κ3) is 2.33. The van der Waals surface area contributed by atoms with E-state index in [4.69, 9.17) is 6.42 Å². The van der Waals surface area contributed by atoms with Gasteiger partial charge in [0, 0.05) is 11.8 Å². The first-order valence-corrected chi connectivity index (χ1v) is 6.88. The van der Waals surface area contributed by atoms with Gasteiger partial charge < -0.3 is 5.11 Å². The van der Waals surface area contributed by atoms with Gasteiger partial charge in [-0.15, -0.1) is 6.42 Å². The van der Waals surface area contributed by atoms with Crippen molar-refractivity contribution >= 4 is 0 Å². The van der Waals surface area contributed by atoms with E-state index >= 15 is 0 Å². The van der Waals surface area contributed by atoms with Crippen molar-refractivity contribution in [3.8, 4) is 35.2 Å². The molecule has 0 radical (unpaired) electrons. The number of benzene rings is 1. The summed E-state index contributed by atoms with van der Waals surface area (Å²) in [4.78, 5) is 4.28. The molecule has 0 atom stereocenters. The van der Waals surface area contributed by atoms with Crippen LogP contribution in [0.5, 0.6) is 5.88 Å². The number of nitrogens with zero attached hydrogens (tertiary/aromatic N) is 3. The molecule has 0 saturated carbocycles. The molecule has 4 nitrogen and oxygen atoms in total.